The molecule has 1 saturated heterocycles. The van der Waals surface area contributed by atoms with E-state index in [4.69, 9.17) is 11.6 Å². The first kappa shape index (κ1) is 10.6. The van der Waals surface area contributed by atoms with Gasteiger partial charge in [-0.05, 0) is 6.92 Å². The number of aliphatic hydroxyl groups is 1. The second-order valence-corrected chi connectivity index (χ2v) is 4.69. The fourth-order valence-corrected chi connectivity index (χ4v) is 2.53. The molecule has 1 aliphatic heterocycles. The third kappa shape index (κ3) is 3.13. The van der Waals surface area contributed by atoms with E-state index in [9.17, 15) is 5.11 Å². The molecule has 0 radical (unpaired) electrons. The van der Waals surface area contributed by atoms with Crippen molar-refractivity contribution in [1.29, 1.82) is 0 Å². The number of halogens is 1. The van der Waals surface area contributed by atoms with E-state index < -0.39 is 0 Å². The third-order valence-corrected chi connectivity index (χ3v) is 3.67. The van der Waals surface area contributed by atoms with E-state index in [2.05, 4.69) is 11.8 Å². The number of rotatable bonds is 3. The van der Waals surface area contributed by atoms with Gasteiger partial charge >= 0.3 is 0 Å². The van der Waals surface area contributed by atoms with Crippen molar-refractivity contribution in [2.75, 3.05) is 30.5 Å². The highest BCUT2D eigenvalue weighted by Crippen LogP contribution is 2.15. The Kier molecular flexibility index (Phi) is 4.72. The maximum atomic E-state index is 9.35. The van der Waals surface area contributed by atoms with Gasteiger partial charge in [-0.1, -0.05) is 0 Å². The lowest BCUT2D eigenvalue weighted by atomic mass is 10.2. The summed E-state index contributed by atoms with van der Waals surface area (Å²) in [5, 5.41) is 9.35. The second kappa shape index (κ2) is 5.32. The Hall–Kier alpha value is 0.560. The van der Waals surface area contributed by atoms with Crippen molar-refractivity contribution in [3.05, 3.63) is 0 Å². The van der Waals surface area contributed by atoms with Gasteiger partial charge in [0.15, 0.2) is 0 Å². The molecule has 1 aliphatic rings. The summed E-state index contributed by atoms with van der Waals surface area (Å²) in [5.41, 5.74) is 0. The summed E-state index contributed by atoms with van der Waals surface area (Å²) in [7, 11) is 0. The van der Waals surface area contributed by atoms with E-state index in [0.717, 1.165) is 13.1 Å². The number of hydrogen-bond acceptors (Lipinski definition) is 3. The van der Waals surface area contributed by atoms with Gasteiger partial charge in [-0.2, -0.15) is 11.8 Å². The Bertz CT molecular complexity index is 136. The summed E-state index contributed by atoms with van der Waals surface area (Å²) < 4.78 is 0. The van der Waals surface area contributed by atoms with Crippen LogP contribution in [0.2, 0.25) is 0 Å². The maximum absolute atomic E-state index is 9.35. The van der Waals surface area contributed by atoms with Crippen LogP contribution in [-0.4, -0.2) is 52.6 Å². The Balaban J connectivity index is 2.28. The molecule has 1 N–H and O–H groups in total. The summed E-state index contributed by atoms with van der Waals surface area (Å²) in [6, 6.07) is 0.585. The lowest BCUT2D eigenvalue weighted by Crippen LogP contribution is -2.44. The van der Waals surface area contributed by atoms with Crippen molar-refractivity contribution < 1.29 is 5.11 Å². The Morgan fingerprint density at radius 3 is 3.08 bits per heavy atom. The molecule has 0 aromatic heterocycles. The van der Waals surface area contributed by atoms with Crippen molar-refractivity contribution >= 4 is 23.4 Å². The van der Waals surface area contributed by atoms with Crippen LogP contribution in [0, 0.1) is 0 Å². The number of thioether (sulfide) groups is 1. The largest absolute Gasteiger partial charge is 0.391 e. The molecule has 0 aromatic rings. The van der Waals surface area contributed by atoms with Gasteiger partial charge in [0, 0.05) is 36.5 Å². The number of β-amino-alcohol motifs (C(OH)–C–C–N with tert-alkyl or cyclic N) is 1. The third-order valence-electron chi connectivity index (χ3n) is 2.13. The maximum Gasteiger partial charge on any atom is 0.0802 e. The van der Waals surface area contributed by atoms with Crippen LogP contribution in [-0.2, 0) is 0 Å². The Morgan fingerprint density at radius 1 is 1.75 bits per heavy atom. The van der Waals surface area contributed by atoms with Crippen molar-refractivity contribution in [2.45, 2.75) is 19.1 Å². The van der Waals surface area contributed by atoms with E-state index in [0.29, 0.717) is 11.9 Å². The van der Waals surface area contributed by atoms with Crippen LogP contribution >= 0.6 is 23.4 Å². The van der Waals surface area contributed by atoms with Crippen LogP contribution in [0.3, 0.4) is 0 Å². The molecule has 0 amide bonds. The summed E-state index contributed by atoms with van der Waals surface area (Å²) in [6.07, 6.45) is -0.364. The van der Waals surface area contributed by atoms with Crippen molar-refractivity contribution in [2.24, 2.45) is 0 Å². The topological polar surface area (TPSA) is 23.5 Å². The van der Waals surface area contributed by atoms with Crippen LogP contribution in [0.5, 0.6) is 0 Å². The molecule has 0 spiro atoms. The molecule has 0 aliphatic carbocycles. The van der Waals surface area contributed by atoms with E-state index in [1.807, 2.05) is 11.8 Å². The quantitative estimate of drug-likeness (QED) is 0.703. The number of nitrogens with zero attached hydrogens (tertiary/aromatic N) is 1. The van der Waals surface area contributed by atoms with E-state index in [1.165, 1.54) is 11.5 Å². The first-order valence-corrected chi connectivity index (χ1v) is 5.98. The normalized spacial score (nSPS) is 28.8. The van der Waals surface area contributed by atoms with Gasteiger partial charge in [0.25, 0.3) is 0 Å². The van der Waals surface area contributed by atoms with Crippen molar-refractivity contribution in [3.63, 3.8) is 0 Å². The molecule has 0 saturated carbocycles. The number of aliphatic hydroxyl groups excluding tert-OH is 1. The fraction of sp³-hybridized carbons (Fsp3) is 1.00. The minimum Gasteiger partial charge on any atom is -0.391 e. The minimum absolute atomic E-state index is 0.344. The molecule has 2 atom stereocenters. The fourth-order valence-electron chi connectivity index (χ4n) is 1.35. The Labute approximate surface area is 83.3 Å². The zero-order valence-electron chi connectivity index (χ0n) is 7.37. The lowest BCUT2D eigenvalue weighted by Gasteiger charge is -2.33. The van der Waals surface area contributed by atoms with Crippen LogP contribution in [0.1, 0.15) is 6.92 Å². The van der Waals surface area contributed by atoms with Gasteiger partial charge in [0.05, 0.1) is 6.10 Å². The average Bonchev–Trinajstić information content (AvgIpc) is 2.09. The minimum atomic E-state index is -0.364. The lowest BCUT2D eigenvalue weighted by molar-refractivity contribution is 0.114. The predicted molar refractivity (Wildman–Crippen MR) is 55.1 cm³/mol. The first-order valence-electron chi connectivity index (χ1n) is 4.30. The molecule has 2 nitrogen and oxygen atoms in total. The van der Waals surface area contributed by atoms with E-state index >= 15 is 0 Å². The first-order chi connectivity index (χ1) is 5.74. The van der Waals surface area contributed by atoms with Crippen molar-refractivity contribution in [1.82, 2.24) is 4.90 Å². The molecule has 0 aromatic carbocycles. The summed E-state index contributed by atoms with van der Waals surface area (Å²) in [6.45, 7) is 4.01. The van der Waals surface area contributed by atoms with Gasteiger partial charge in [-0.3, -0.25) is 4.90 Å². The SMILES string of the molecule is CC1CSCCN1CC(O)CCl. The van der Waals surface area contributed by atoms with Crippen LogP contribution < -0.4 is 0 Å². The van der Waals surface area contributed by atoms with E-state index in [1.54, 1.807) is 0 Å². The van der Waals surface area contributed by atoms with Gasteiger partial charge in [0.1, 0.15) is 0 Å². The smallest absolute Gasteiger partial charge is 0.0802 e. The zero-order chi connectivity index (χ0) is 8.97. The molecule has 4 heteroatoms. The second-order valence-electron chi connectivity index (χ2n) is 3.23. The Morgan fingerprint density at radius 2 is 2.50 bits per heavy atom. The van der Waals surface area contributed by atoms with Gasteiger partial charge in [-0.25, -0.2) is 0 Å². The molecule has 1 rings (SSSR count). The van der Waals surface area contributed by atoms with Crippen LogP contribution in [0.15, 0.2) is 0 Å². The van der Waals surface area contributed by atoms with Gasteiger partial charge in [-0.15, -0.1) is 11.6 Å². The monoisotopic (exact) mass is 209 g/mol. The number of hydrogen-bond donors (Lipinski definition) is 1. The molecule has 12 heavy (non-hydrogen) atoms. The zero-order valence-corrected chi connectivity index (χ0v) is 8.94. The summed E-state index contributed by atoms with van der Waals surface area (Å²) in [5.74, 6) is 2.70. The standard InChI is InChI=1S/C8H16ClNOS/c1-7-6-12-3-2-10(7)5-8(11)4-9/h7-8,11H,2-6H2,1H3. The van der Waals surface area contributed by atoms with Gasteiger partial charge < -0.3 is 5.11 Å². The predicted octanol–water partition coefficient (Wildman–Crippen LogP) is 1.02. The molecule has 1 fully saturated rings. The number of alkyl halides is 1. The molecule has 1 heterocycles. The molecular formula is C8H16ClNOS. The highest BCUT2D eigenvalue weighted by molar-refractivity contribution is 7.99. The van der Waals surface area contributed by atoms with Crippen molar-refractivity contribution in [3.8, 4) is 0 Å². The van der Waals surface area contributed by atoms with Crippen LogP contribution in [0.4, 0.5) is 0 Å². The molecule has 0 bridgehead atoms. The summed E-state index contributed by atoms with van der Waals surface area (Å²) >= 11 is 7.52. The van der Waals surface area contributed by atoms with E-state index in [-0.39, 0.29) is 6.10 Å². The van der Waals surface area contributed by atoms with Gasteiger partial charge in [0.2, 0.25) is 0 Å². The highest BCUT2D eigenvalue weighted by atomic mass is 35.5. The molecule has 72 valence electrons. The average molecular weight is 210 g/mol. The highest BCUT2D eigenvalue weighted by Gasteiger charge is 2.20. The summed E-state index contributed by atoms with van der Waals surface area (Å²) in [4.78, 5) is 2.31. The molecular weight excluding hydrogens is 194 g/mol. The molecule has 2 unspecified atom stereocenters. The van der Waals surface area contributed by atoms with Crippen LogP contribution in [0.25, 0.3) is 0 Å².